The number of carbonyl (C=O) groups excluding carboxylic acids is 1. The summed E-state index contributed by atoms with van der Waals surface area (Å²) in [6.45, 7) is 3.50. The first-order chi connectivity index (χ1) is 6.99. The van der Waals surface area contributed by atoms with Gasteiger partial charge in [0.05, 0.1) is 29.4 Å². The highest BCUT2D eigenvalue weighted by molar-refractivity contribution is 6.31. The number of esters is 1. The van der Waals surface area contributed by atoms with Gasteiger partial charge in [-0.2, -0.15) is 0 Å². The summed E-state index contributed by atoms with van der Waals surface area (Å²) in [4.78, 5) is 15.0. The summed E-state index contributed by atoms with van der Waals surface area (Å²) in [5.41, 5.74) is 0.323. The van der Waals surface area contributed by atoms with Crippen LogP contribution in [-0.4, -0.2) is 17.1 Å². The molecule has 0 N–H and O–H groups in total. The molecule has 0 aromatic carbocycles. The second-order valence-corrected chi connectivity index (χ2v) is 3.70. The van der Waals surface area contributed by atoms with Gasteiger partial charge in [0.1, 0.15) is 5.82 Å². The van der Waals surface area contributed by atoms with E-state index in [2.05, 4.69) is 4.98 Å². The normalized spacial score (nSPS) is 10.5. The molecule has 0 aliphatic carbocycles. The molecule has 1 heterocycles. The molecule has 0 aliphatic heterocycles. The van der Waals surface area contributed by atoms with E-state index in [9.17, 15) is 9.18 Å². The Hall–Kier alpha value is -1.16. The van der Waals surface area contributed by atoms with Crippen LogP contribution in [-0.2, 0) is 16.0 Å². The van der Waals surface area contributed by atoms with Crippen LogP contribution >= 0.6 is 11.6 Å². The van der Waals surface area contributed by atoms with Crippen LogP contribution in [0.4, 0.5) is 4.39 Å². The predicted molar refractivity (Wildman–Crippen MR) is 54.1 cm³/mol. The molecule has 1 aromatic rings. The number of aromatic nitrogens is 1. The van der Waals surface area contributed by atoms with Crippen LogP contribution in [0.25, 0.3) is 0 Å². The monoisotopic (exact) mass is 231 g/mol. The quantitative estimate of drug-likeness (QED) is 0.750. The van der Waals surface area contributed by atoms with Gasteiger partial charge in [0.15, 0.2) is 0 Å². The van der Waals surface area contributed by atoms with Crippen LogP contribution in [0.3, 0.4) is 0 Å². The lowest BCUT2D eigenvalue weighted by Gasteiger charge is -2.07. The van der Waals surface area contributed by atoms with Gasteiger partial charge in [-0.15, -0.1) is 0 Å². The highest BCUT2D eigenvalue weighted by atomic mass is 35.5. The van der Waals surface area contributed by atoms with Crippen molar-refractivity contribution < 1.29 is 13.9 Å². The first-order valence-electron chi connectivity index (χ1n) is 4.48. The molecule has 0 unspecified atom stereocenters. The second-order valence-electron chi connectivity index (χ2n) is 3.30. The molecule has 0 fully saturated rings. The minimum atomic E-state index is -0.527. The number of hydrogen-bond donors (Lipinski definition) is 0. The van der Waals surface area contributed by atoms with E-state index < -0.39 is 11.8 Å². The Morgan fingerprint density at radius 1 is 1.67 bits per heavy atom. The summed E-state index contributed by atoms with van der Waals surface area (Å²) in [6, 6.07) is 1.12. The lowest BCUT2D eigenvalue weighted by molar-refractivity contribution is -0.146. The number of halogens is 2. The van der Waals surface area contributed by atoms with Crippen LogP contribution in [0.5, 0.6) is 0 Å². The molecular weight excluding hydrogens is 221 g/mol. The van der Waals surface area contributed by atoms with E-state index in [1.807, 2.05) is 0 Å². The minimum absolute atomic E-state index is 0.0444. The summed E-state index contributed by atoms with van der Waals surface area (Å²) < 4.78 is 17.5. The van der Waals surface area contributed by atoms with Crippen LogP contribution in [0, 0.1) is 5.82 Å². The van der Waals surface area contributed by atoms with E-state index in [0.717, 1.165) is 12.3 Å². The lowest BCUT2D eigenvalue weighted by atomic mass is 10.2. The Morgan fingerprint density at radius 2 is 2.33 bits per heavy atom. The van der Waals surface area contributed by atoms with Crippen LogP contribution in [0.2, 0.25) is 5.02 Å². The largest absolute Gasteiger partial charge is 0.463 e. The Bertz CT molecular complexity index is 368. The zero-order chi connectivity index (χ0) is 11.4. The standard InChI is InChI=1S/C10H11ClFNO2/c1-6(2)15-10(14)4-9-8(11)3-7(12)5-13-9/h3,5-6H,4H2,1-2H3. The minimum Gasteiger partial charge on any atom is -0.463 e. The van der Waals surface area contributed by atoms with E-state index >= 15 is 0 Å². The third-order valence-corrected chi connectivity index (χ3v) is 1.89. The summed E-state index contributed by atoms with van der Waals surface area (Å²) in [6.07, 6.45) is 0.790. The number of rotatable bonds is 3. The number of carbonyl (C=O) groups is 1. The molecule has 1 aromatic heterocycles. The number of ether oxygens (including phenoxy) is 1. The van der Waals surface area contributed by atoms with Crippen molar-refractivity contribution >= 4 is 17.6 Å². The van der Waals surface area contributed by atoms with Crippen molar-refractivity contribution in [3.63, 3.8) is 0 Å². The van der Waals surface area contributed by atoms with Crippen molar-refractivity contribution in [3.8, 4) is 0 Å². The SMILES string of the molecule is CC(C)OC(=O)Cc1ncc(F)cc1Cl. The Balaban J connectivity index is 2.68. The van der Waals surface area contributed by atoms with E-state index in [1.54, 1.807) is 13.8 Å². The van der Waals surface area contributed by atoms with Gasteiger partial charge in [-0.3, -0.25) is 9.78 Å². The van der Waals surface area contributed by atoms with E-state index in [1.165, 1.54) is 0 Å². The molecule has 0 amide bonds. The van der Waals surface area contributed by atoms with Crippen molar-refractivity contribution in [2.75, 3.05) is 0 Å². The van der Waals surface area contributed by atoms with E-state index in [4.69, 9.17) is 16.3 Å². The van der Waals surface area contributed by atoms with Gasteiger partial charge < -0.3 is 4.74 Å². The summed E-state index contributed by atoms with van der Waals surface area (Å²) in [7, 11) is 0. The summed E-state index contributed by atoms with van der Waals surface area (Å²) in [5.74, 6) is -0.952. The van der Waals surface area contributed by atoms with Gasteiger partial charge in [-0.05, 0) is 19.9 Å². The molecule has 0 spiro atoms. The fourth-order valence-corrected chi connectivity index (χ4v) is 1.23. The Labute approximate surface area is 92.2 Å². The van der Waals surface area contributed by atoms with Crippen LogP contribution in [0.15, 0.2) is 12.3 Å². The molecule has 82 valence electrons. The molecule has 1 rings (SSSR count). The Kier molecular flexibility index (Phi) is 4.03. The zero-order valence-corrected chi connectivity index (χ0v) is 9.21. The van der Waals surface area contributed by atoms with Gasteiger partial charge in [-0.1, -0.05) is 11.6 Å². The number of pyridine rings is 1. The maximum atomic E-state index is 12.6. The maximum Gasteiger partial charge on any atom is 0.312 e. The number of nitrogens with zero attached hydrogens (tertiary/aromatic N) is 1. The van der Waals surface area contributed by atoms with Crippen LogP contribution < -0.4 is 0 Å². The highest BCUT2D eigenvalue weighted by Gasteiger charge is 2.11. The first-order valence-corrected chi connectivity index (χ1v) is 4.86. The van der Waals surface area contributed by atoms with Gasteiger partial charge in [0.2, 0.25) is 0 Å². The van der Waals surface area contributed by atoms with Gasteiger partial charge in [-0.25, -0.2) is 4.39 Å². The van der Waals surface area contributed by atoms with Gasteiger partial charge in [0.25, 0.3) is 0 Å². The summed E-state index contributed by atoms with van der Waals surface area (Å²) in [5, 5.41) is 0.135. The third kappa shape index (κ3) is 3.83. The molecule has 0 saturated carbocycles. The third-order valence-electron chi connectivity index (χ3n) is 1.56. The van der Waals surface area contributed by atoms with E-state index in [-0.39, 0.29) is 17.5 Å². The molecule has 0 bridgehead atoms. The van der Waals surface area contributed by atoms with Crippen LogP contribution in [0.1, 0.15) is 19.5 Å². The van der Waals surface area contributed by atoms with Crippen molar-refractivity contribution in [2.24, 2.45) is 0 Å². The summed E-state index contributed by atoms with van der Waals surface area (Å²) >= 11 is 5.70. The molecule has 0 aliphatic rings. The first kappa shape index (κ1) is 11.9. The van der Waals surface area contributed by atoms with Gasteiger partial charge in [0, 0.05) is 0 Å². The highest BCUT2D eigenvalue weighted by Crippen LogP contribution is 2.15. The molecule has 0 atom stereocenters. The smallest absolute Gasteiger partial charge is 0.312 e. The second kappa shape index (κ2) is 5.07. The fourth-order valence-electron chi connectivity index (χ4n) is 1.01. The topological polar surface area (TPSA) is 39.2 Å². The number of hydrogen-bond acceptors (Lipinski definition) is 3. The molecule has 15 heavy (non-hydrogen) atoms. The predicted octanol–water partition coefficient (Wildman–Crippen LogP) is 2.37. The average molecular weight is 232 g/mol. The van der Waals surface area contributed by atoms with Crippen molar-refractivity contribution in [1.82, 2.24) is 4.98 Å². The molecule has 3 nitrogen and oxygen atoms in total. The molecular formula is C10H11ClFNO2. The molecule has 0 saturated heterocycles. The fraction of sp³-hybridized carbons (Fsp3) is 0.400. The Morgan fingerprint density at radius 3 is 2.87 bits per heavy atom. The van der Waals surface area contributed by atoms with Gasteiger partial charge >= 0.3 is 5.97 Å². The molecule has 5 heteroatoms. The maximum absolute atomic E-state index is 12.6. The average Bonchev–Trinajstić information content (AvgIpc) is 2.08. The zero-order valence-electron chi connectivity index (χ0n) is 8.46. The molecule has 0 radical (unpaired) electrons. The van der Waals surface area contributed by atoms with Crippen molar-refractivity contribution in [3.05, 3.63) is 28.8 Å². The van der Waals surface area contributed by atoms with Crippen molar-refractivity contribution in [1.29, 1.82) is 0 Å². The lowest BCUT2D eigenvalue weighted by Crippen LogP contribution is -2.14. The van der Waals surface area contributed by atoms with Crippen molar-refractivity contribution in [2.45, 2.75) is 26.4 Å². The van der Waals surface area contributed by atoms with E-state index in [0.29, 0.717) is 5.69 Å².